The standard InChI is InChI=1S/C33H54O9/c1-17(15-34)7-12-33(39)18(2)26-24(42-33)14-23-21-6-5-19-13-20(8-10-31(19,3)22(21)9-11-32(23,26)4)40-30-29(38)28(37)27(36)25(16-35)41-30/h5,17-18,20-30,34-39H,6-16H2,1-4H3. The van der Waals surface area contributed by atoms with E-state index < -0.39 is 43.1 Å². The fourth-order valence-electron chi connectivity index (χ4n) is 10.6. The first-order chi connectivity index (χ1) is 19.9. The molecule has 240 valence electrons. The van der Waals surface area contributed by atoms with Crippen molar-refractivity contribution < 1.29 is 44.8 Å². The third-order valence-corrected chi connectivity index (χ3v) is 13.2. The molecule has 42 heavy (non-hydrogen) atoms. The number of allylic oxidation sites excluding steroid dienone is 1. The Morgan fingerprint density at radius 2 is 1.81 bits per heavy atom. The van der Waals surface area contributed by atoms with E-state index in [9.17, 15) is 30.6 Å². The van der Waals surface area contributed by atoms with Crippen LogP contribution in [-0.4, -0.2) is 92.6 Å². The van der Waals surface area contributed by atoms with Crippen molar-refractivity contribution in [1.82, 2.24) is 0 Å². The van der Waals surface area contributed by atoms with Crippen LogP contribution in [0.1, 0.15) is 85.5 Å². The largest absolute Gasteiger partial charge is 0.396 e. The Kier molecular flexibility index (Phi) is 8.45. The maximum Gasteiger partial charge on any atom is 0.186 e. The summed E-state index contributed by atoms with van der Waals surface area (Å²) >= 11 is 0. The zero-order valence-electron chi connectivity index (χ0n) is 25.8. The third kappa shape index (κ3) is 4.85. The Balaban J connectivity index is 1.14. The summed E-state index contributed by atoms with van der Waals surface area (Å²) in [6.07, 6.45) is 4.35. The van der Waals surface area contributed by atoms with E-state index in [1.807, 2.05) is 6.92 Å². The summed E-state index contributed by atoms with van der Waals surface area (Å²) in [6, 6.07) is 0. The van der Waals surface area contributed by atoms with E-state index in [1.165, 1.54) is 12.0 Å². The van der Waals surface area contributed by atoms with Gasteiger partial charge in [0, 0.05) is 18.9 Å². The van der Waals surface area contributed by atoms with Gasteiger partial charge in [-0.05, 0) is 91.8 Å². The highest BCUT2D eigenvalue weighted by Gasteiger charge is 2.67. The van der Waals surface area contributed by atoms with E-state index in [0.717, 1.165) is 44.9 Å². The fraction of sp³-hybridized carbons (Fsp3) is 0.939. The molecule has 2 aliphatic heterocycles. The molecule has 0 amide bonds. The van der Waals surface area contributed by atoms with Gasteiger partial charge in [-0.2, -0.15) is 0 Å². The molecule has 16 atom stereocenters. The van der Waals surface area contributed by atoms with Crippen LogP contribution >= 0.6 is 0 Å². The molecule has 16 unspecified atom stereocenters. The highest BCUT2D eigenvalue weighted by atomic mass is 16.7. The Bertz CT molecular complexity index is 1020. The van der Waals surface area contributed by atoms with E-state index in [0.29, 0.717) is 30.1 Å². The monoisotopic (exact) mass is 594 g/mol. The summed E-state index contributed by atoms with van der Waals surface area (Å²) in [6.45, 7) is 8.77. The summed E-state index contributed by atoms with van der Waals surface area (Å²) in [7, 11) is 0. The quantitative estimate of drug-likeness (QED) is 0.245. The maximum absolute atomic E-state index is 11.6. The van der Waals surface area contributed by atoms with E-state index in [1.54, 1.807) is 0 Å². The molecule has 9 nitrogen and oxygen atoms in total. The van der Waals surface area contributed by atoms with E-state index in [4.69, 9.17) is 14.2 Å². The number of hydrogen-bond donors (Lipinski definition) is 6. The number of fused-ring (bicyclic) bond motifs is 7. The topological polar surface area (TPSA) is 149 Å². The molecule has 0 aromatic rings. The van der Waals surface area contributed by atoms with Gasteiger partial charge in [-0.1, -0.05) is 39.3 Å². The summed E-state index contributed by atoms with van der Waals surface area (Å²) in [5.41, 5.74) is 1.65. The zero-order valence-corrected chi connectivity index (χ0v) is 25.8. The average Bonchev–Trinajstić information content (AvgIpc) is 3.40. The number of rotatable bonds is 7. The number of aliphatic hydroxyl groups is 6. The van der Waals surface area contributed by atoms with Crippen LogP contribution in [0, 0.1) is 46.3 Å². The lowest BCUT2D eigenvalue weighted by atomic mass is 9.47. The van der Waals surface area contributed by atoms with Crippen LogP contribution in [0.5, 0.6) is 0 Å². The zero-order chi connectivity index (χ0) is 30.2. The number of aliphatic hydroxyl groups excluding tert-OH is 5. The molecule has 0 bridgehead atoms. The van der Waals surface area contributed by atoms with Gasteiger partial charge in [0.2, 0.25) is 0 Å². The predicted molar refractivity (Wildman–Crippen MR) is 154 cm³/mol. The Hall–Kier alpha value is -0.620. The second-order valence-electron chi connectivity index (χ2n) is 15.4. The lowest BCUT2D eigenvalue weighted by Gasteiger charge is -2.58. The lowest BCUT2D eigenvalue weighted by Crippen LogP contribution is -2.60. The van der Waals surface area contributed by atoms with Gasteiger partial charge < -0.3 is 44.8 Å². The summed E-state index contributed by atoms with van der Waals surface area (Å²) in [5.74, 6) is 1.21. The van der Waals surface area contributed by atoms with Gasteiger partial charge >= 0.3 is 0 Å². The van der Waals surface area contributed by atoms with Gasteiger partial charge in [0.1, 0.15) is 24.4 Å². The van der Waals surface area contributed by atoms with E-state index in [2.05, 4.69) is 26.8 Å². The van der Waals surface area contributed by atoms with Crippen LogP contribution in [0.4, 0.5) is 0 Å². The second kappa shape index (κ2) is 11.3. The summed E-state index contributed by atoms with van der Waals surface area (Å²) in [5, 5.41) is 61.4. The van der Waals surface area contributed by atoms with Crippen molar-refractivity contribution in [1.29, 1.82) is 0 Å². The van der Waals surface area contributed by atoms with Crippen LogP contribution in [-0.2, 0) is 14.2 Å². The molecule has 2 saturated heterocycles. The average molecular weight is 595 g/mol. The van der Waals surface area contributed by atoms with Crippen molar-refractivity contribution in [3.63, 3.8) is 0 Å². The second-order valence-corrected chi connectivity index (χ2v) is 15.4. The third-order valence-electron chi connectivity index (χ3n) is 13.2. The molecule has 3 saturated carbocycles. The fourth-order valence-corrected chi connectivity index (χ4v) is 10.6. The van der Waals surface area contributed by atoms with Gasteiger partial charge in [-0.15, -0.1) is 0 Å². The molecular weight excluding hydrogens is 540 g/mol. The van der Waals surface area contributed by atoms with Crippen molar-refractivity contribution in [2.45, 2.75) is 134 Å². The molecule has 4 aliphatic carbocycles. The van der Waals surface area contributed by atoms with E-state index >= 15 is 0 Å². The summed E-state index contributed by atoms with van der Waals surface area (Å²) < 4.78 is 18.4. The van der Waals surface area contributed by atoms with Gasteiger partial charge in [0.05, 0.1) is 18.8 Å². The molecule has 9 heteroatoms. The Labute approximate surface area is 250 Å². The van der Waals surface area contributed by atoms with Gasteiger partial charge in [0.25, 0.3) is 0 Å². The van der Waals surface area contributed by atoms with Crippen LogP contribution in [0.3, 0.4) is 0 Å². The highest BCUT2D eigenvalue weighted by molar-refractivity contribution is 5.26. The molecular formula is C33H54O9. The molecule has 0 spiro atoms. The first-order valence-corrected chi connectivity index (χ1v) is 16.5. The number of ether oxygens (including phenoxy) is 3. The molecule has 2 heterocycles. The van der Waals surface area contributed by atoms with Crippen LogP contribution in [0.2, 0.25) is 0 Å². The predicted octanol–water partition coefficient (Wildman–Crippen LogP) is 2.49. The molecule has 5 fully saturated rings. The van der Waals surface area contributed by atoms with Gasteiger partial charge in [0.15, 0.2) is 12.1 Å². The van der Waals surface area contributed by atoms with Crippen molar-refractivity contribution in [2.75, 3.05) is 13.2 Å². The van der Waals surface area contributed by atoms with Crippen LogP contribution in [0.25, 0.3) is 0 Å². The van der Waals surface area contributed by atoms with E-state index in [-0.39, 0.29) is 41.5 Å². The molecule has 0 aromatic carbocycles. The molecule has 0 radical (unpaired) electrons. The van der Waals surface area contributed by atoms with Crippen LogP contribution < -0.4 is 0 Å². The lowest BCUT2D eigenvalue weighted by molar-refractivity contribution is -0.313. The highest BCUT2D eigenvalue weighted by Crippen LogP contribution is 2.70. The first kappa shape index (κ1) is 31.4. The SMILES string of the molecule is CC(CO)CCC1(O)OC2CC3C4CC=C5CC(OC6OC(CO)C(O)C(O)C6O)CCC5(C)C4CCC3(C)C2C1C. The maximum atomic E-state index is 11.6. The molecule has 6 rings (SSSR count). The van der Waals surface area contributed by atoms with Gasteiger partial charge in [-0.3, -0.25) is 0 Å². The smallest absolute Gasteiger partial charge is 0.186 e. The minimum absolute atomic E-state index is 0.0697. The van der Waals surface area contributed by atoms with Gasteiger partial charge in [-0.25, -0.2) is 0 Å². The van der Waals surface area contributed by atoms with Crippen molar-refractivity contribution >= 4 is 0 Å². The van der Waals surface area contributed by atoms with Crippen molar-refractivity contribution in [2.24, 2.45) is 46.3 Å². The Morgan fingerprint density at radius 3 is 2.52 bits per heavy atom. The molecule has 0 aromatic heterocycles. The minimum Gasteiger partial charge on any atom is -0.396 e. The van der Waals surface area contributed by atoms with Crippen molar-refractivity contribution in [3.05, 3.63) is 11.6 Å². The van der Waals surface area contributed by atoms with Crippen LogP contribution in [0.15, 0.2) is 11.6 Å². The molecule has 6 N–H and O–H groups in total. The minimum atomic E-state index is -1.43. The number of hydrogen-bond acceptors (Lipinski definition) is 9. The van der Waals surface area contributed by atoms with Crippen molar-refractivity contribution in [3.8, 4) is 0 Å². The Morgan fingerprint density at radius 1 is 1.05 bits per heavy atom. The normalized spacial score (nSPS) is 54.4. The first-order valence-electron chi connectivity index (χ1n) is 16.5. The summed E-state index contributed by atoms with van der Waals surface area (Å²) in [4.78, 5) is 0. The molecule has 6 aliphatic rings.